The predicted octanol–water partition coefficient (Wildman–Crippen LogP) is -0.143. The number of hydrogen-bond acceptors (Lipinski definition) is 2. The van der Waals surface area contributed by atoms with E-state index in [0.29, 0.717) is 0 Å². The van der Waals surface area contributed by atoms with Crippen molar-refractivity contribution < 1.29 is 1.43 Å². The zero-order chi connectivity index (χ0) is 8.81. The van der Waals surface area contributed by atoms with E-state index in [9.17, 15) is 0 Å². The van der Waals surface area contributed by atoms with Gasteiger partial charge in [-0.2, -0.15) is 0 Å². The number of nitrogens with zero attached hydrogens (tertiary/aromatic N) is 2. The molecule has 4 nitrogen and oxygen atoms in total. The Morgan fingerprint density at radius 1 is 1.67 bits per heavy atom. The minimum absolute atomic E-state index is 0. The van der Waals surface area contributed by atoms with Gasteiger partial charge >= 0.3 is 0 Å². The van der Waals surface area contributed by atoms with E-state index in [2.05, 4.69) is 27.1 Å². The third kappa shape index (κ3) is 2.23. The molecular weight excluding hydrogens is 152 g/mol. The van der Waals surface area contributed by atoms with Gasteiger partial charge in [0, 0.05) is 34.7 Å². The quantitative estimate of drug-likeness (QED) is 0.425. The molecule has 0 aromatic heterocycles. The monoisotopic (exact) mass is 170 g/mol. The molecule has 4 heteroatoms. The molecule has 1 rings (SSSR count). The third-order valence-corrected chi connectivity index (χ3v) is 1.86. The molecule has 0 atom stereocenters. The summed E-state index contributed by atoms with van der Waals surface area (Å²) in [6, 6.07) is 0. The van der Waals surface area contributed by atoms with Crippen molar-refractivity contribution in [2.24, 2.45) is 4.99 Å². The summed E-state index contributed by atoms with van der Waals surface area (Å²) in [5, 5.41) is 6.30. The molecule has 0 bridgehead atoms. The zero-order valence-corrected chi connectivity index (χ0v) is 7.51. The summed E-state index contributed by atoms with van der Waals surface area (Å²) >= 11 is 0. The van der Waals surface area contributed by atoms with Crippen molar-refractivity contribution >= 4 is 5.96 Å². The van der Waals surface area contributed by atoms with Crippen LogP contribution in [-0.4, -0.2) is 44.1 Å². The zero-order valence-electron chi connectivity index (χ0n) is 7.51. The Hall–Kier alpha value is -1.03. The van der Waals surface area contributed by atoms with Crippen molar-refractivity contribution in [1.29, 1.82) is 0 Å². The fraction of sp³-hybridized carbons (Fsp3) is 0.625. The van der Waals surface area contributed by atoms with Crippen LogP contribution in [-0.2, 0) is 0 Å². The fourth-order valence-electron chi connectivity index (χ4n) is 1.27. The van der Waals surface area contributed by atoms with Crippen molar-refractivity contribution in [2.45, 2.75) is 0 Å². The minimum Gasteiger partial charge on any atom is -0.340 e. The van der Waals surface area contributed by atoms with E-state index >= 15 is 0 Å². The van der Waals surface area contributed by atoms with E-state index in [1.54, 1.807) is 13.2 Å². The normalized spacial score (nSPS) is 19.1. The number of hydrogen-bond donors (Lipinski definition) is 2. The second kappa shape index (κ2) is 4.77. The molecule has 1 aliphatic heterocycles. The van der Waals surface area contributed by atoms with E-state index in [4.69, 9.17) is 0 Å². The molecule has 0 spiro atoms. The van der Waals surface area contributed by atoms with E-state index in [1.807, 2.05) is 0 Å². The Morgan fingerprint density at radius 3 is 2.83 bits per heavy atom. The van der Waals surface area contributed by atoms with E-state index in [0.717, 1.165) is 32.1 Å². The Bertz CT molecular complexity index is 175. The van der Waals surface area contributed by atoms with Crippen LogP contribution in [0.25, 0.3) is 0 Å². The Labute approximate surface area is 74.8 Å². The summed E-state index contributed by atoms with van der Waals surface area (Å²) in [4.78, 5) is 6.34. The van der Waals surface area contributed by atoms with Gasteiger partial charge in [0.2, 0.25) is 0 Å². The highest BCUT2D eigenvalue weighted by Crippen LogP contribution is 1.92. The molecule has 1 aliphatic rings. The van der Waals surface area contributed by atoms with Crippen LogP contribution in [0.15, 0.2) is 17.8 Å². The third-order valence-electron chi connectivity index (χ3n) is 1.86. The smallest absolute Gasteiger partial charge is 0.197 e. The summed E-state index contributed by atoms with van der Waals surface area (Å²) < 4.78 is 0. The second-order valence-corrected chi connectivity index (χ2v) is 2.63. The van der Waals surface area contributed by atoms with E-state index in [1.165, 1.54) is 0 Å². The largest absolute Gasteiger partial charge is 0.340 e. The first-order valence-corrected chi connectivity index (χ1v) is 4.18. The fourth-order valence-corrected chi connectivity index (χ4v) is 1.27. The van der Waals surface area contributed by atoms with Crippen LogP contribution in [0, 0.1) is 0 Å². The minimum atomic E-state index is 0. The van der Waals surface area contributed by atoms with Crippen LogP contribution in [0.2, 0.25) is 0 Å². The molecule has 1 saturated heterocycles. The van der Waals surface area contributed by atoms with Crippen LogP contribution in [0.1, 0.15) is 1.43 Å². The van der Waals surface area contributed by atoms with Crippen LogP contribution in [0.5, 0.6) is 0 Å². The molecule has 0 amide bonds. The number of aliphatic imine (C=N–C) groups is 1. The number of guanidine groups is 1. The van der Waals surface area contributed by atoms with Gasteiger partial charge in [-0.25, -0.2) is 0 Å². The van der Waals surface area contributed by atoms with E-state index in [-0.39, 0.29) is 1.43 Å². The maximum Gasteiger partial charge on any atom is 0.197 e. The molecule has 0 saturated carbocycles. The summed E-state index contributed by atoms with van der Waals surface area (Å²) in [6.45, 7) is 7.68. The van der Waals surface area contributed by atoms with Crippen molar-refractivity contribution in [1.82, 2.24) is 15.5 Å². The van der Waals surface area contributed by atoms with Gasteiger partial charge in [0.25, 0.3) is 0 Å². The lowest BCUT2D eigenvalue weighted by Gasteiger charge is -2.29. The lowest BCUT2D eigenvalue weighted by atomic mass is 10.4. The molecule has 1 fully saturated rings. The van der Waals surface area contributed by atoms with Crippen molar-refractivity contribution in [2.75, 3.05) is 33.2 Å². The van der Waals surface area contributed by atoms with Crippen LogP contribution >= 0.6 is 0 Å². The SMILES string of the molecule is C=CNC(=NC)N1CCNCC1.[HH]. The number of piperazine rings is 1. The second-order valence-electron chi connectivity index (χ2n) is 2.63. The van der Waals surface area contributed by atoms with Gasteiger partial charge in [0.05, 0.1) is 0 Å². The molecule has 0 aromatic carbocycles. The molecule has 0 aliphatic carbocycles. The van der Waals surface area contributed by atoms with Gasteiger partial charge in [-0.3, -0.25) is 4.99 Å². The molecule has 0 aromatic rings. The van der Waals surface area contributed by atoms with Gasteiger partial charge < -0.3 is 15.5 Å². The molecule has 0 unspecified atom stereocenters. The first-order chi connectivity index (χ1) is 5.88. The highest BCUT2D eigenvalue weighted by molar-refractivity contribution is 5.80. The van der Waals surface area contributed by atoms with Crippen LogP contribution < -0.4 is 10.6 Å². The van der Waals surface area contributed by atoms with Crippen molar-refractivity contribution in [3.63, 3.8) is 0 Å². The van der Waals surface area contributed by atoms with Crippen molar-refractivity contribution in [3.8, 4) is 0 Å². The molecule has 2 N–H and O–H groups in total. The average Bonchev–Trinajstić information content (AvgIpc) is 2.15. The first kappa shape index (κ1) is 9.06. The van der Waals surface area contributed by atoms with Gasteiger partial charge in [-0.05, 0) is 6.20 Å². The summed E-state index contributed by atoms with van der Waals surface area (Å²) in [5.41, 5.74) is 0. The topological polar surface area (TPSA) is 39.7 Å². The summed E-state index contributed by atoms with van der Waals surface area (Å²) in [7, 11) is 1.79. The number of nitrogens with one attached hydrogen (secondary N) is 2. The molecule has 0 radical (unpaired) electrons. The van der Waals surface area contributed by atoms with E-state index < -0.39 is 0 Å². The lowest BCUT2D eigenvalue weighted by Crippen LogP contribution is -2.49. The summed E-state index contributed by atoms with van der Waals surface area (Å²) in [6.07, 6.45) is 1.66. The molecule has 1 heterocycles. The Morgan fingerprint density at radius 2 is 2.33 bits per heavy atom. The predicted molar refractivity (Wildman–Crippen MR) is 53.2 cm³/mol. The molecular formula is C8H18N4. The van der Waals surface area contributed by atoms with Gasteiger partial charge in [0.1, 0.15) is 0 Å². The maximum atomic E-state index is 4.13. The standard InChI is InChI=1S/C8H16N4.H2/c1-3-11-8(9-2)12-6-4-10-5-7-12;/h3,10H,1,4-7H2,2H3,(H,9,11);1H. The number of rotatable bonds is 1. The van der Waals surface area contributed by atoms with Gasteiger partial charge in [-0.15, -0.1) is 0 Å². The first-order valence-electron chi connectivity index (χ1n) is 4.18. The lowest BCUT2D eigenvalue weighted by molar-refractivity contribution is 0.350. The molecule has 70 valence electrons. The van der Waals surface area contributed by atoms with Gasteiger partial charge in [-0.1, -0.05) is 6.58 Å². The van der Waals surface area contributed by atoms with Crippen LogP contribution in [0.3, 0.4) is 0 Å². The Balaban J connectivity index is 0.00000144. The highest BCUT2D eigenvalue weighted by Gasteiger charge is 2.11. The maximum absolute atomic E-state index is 4.13. The average molecular weight is 170 g/mol. The Kier molecular flexibility index (Phi) is 3.60. The molecule has 12 heavy (non-hydrogen) atoms. The van der Waals surface area contributed by atoms with Crippen LogP contribution in [0.4, 0.5) is 0 Å². The highest BCUT2D eigenvalue weighted by atomic mass is 15.3. The van der Waals surface area contributed by atoms with Crippen molar-refractivity contribution in [3.05, 3.63) is 12.8 Å². The summed E-state index contributed by atoms with van der Waals surface area (Å²) in [5.74, 6) is 0.909. The van der Waals surface area contributed by atoms with Gasteiger partial charge in [0.15, 0.2) is 5.96 Å².